The van der Waals surface area contributed by atoms with E-state index in [9.17, 15) is 19.8 Å². The molecule has 7 nitrogen and oxygen atoms in total. The Hall–Kier alpha value is -0.470. The van der Waals surface area contributed by atoms with E-state index >= 15 is 0 Å². The number of benzene rings is 1. The van der Waals surface area contributed by atoms with E-state index in [0.29, 0.717) is 0 Å². The molecule has 3 N–H and O–H groups in total. The van der Waals surface area contributed by atoms with Gasteiger partial charge in [0.2, 0.25) is 0 Å². The van der Waals surface area contributed by atoms with Crippen LogP contribution >= 0.6 is 67.8 Å². The van der Waals surface area contributed by atoms with Crippen molar-refractivity contribution in [2.24, 2.45) is 0 Å². The van der Waals surface area contributed by atoms with Crippen molar-refractivity contribution in [3.63, 3.8) is 0 Å². The number of rotatable bonds is 2. The van der Waals surface area contributed by atoms with Gasteiger partial charge in [-0.3, -0.25) is 14.3 Å². The Morgan fingerprint density at radius 3 is 2.48 bits per heavy atom. The summed E-state index contributed by atoms with van der Waals surface area (Å²) in [6.07, 6.45) is -0.961. The van der Waals surface area contributed by atoms with Crippen molar-refractivity contribution in [1.29, 1.82) is 0 Å². The summed E-state index contributed by atoms with van der Waals surface area (Å²) >= 11 is 6.64. The zero-order chi connectivity index (χ0) is 19.7. The number of hydrogen-bond donors (Lipinski definition) is 3. The van der Waals surface area contributed by atoms with Crippen molar-refractivity contribution in [3.8, 4) is 11.8 Å². The van der Waals surface area contributed by atoms with Crippen molar-refractivity contribution in [2.75, 3.05) is 6.61 Å². The van der Waals surface area contributed by atoms with Crippen LogP contribution in [0.1, 0.15) is 23.8 Å². The number of aliphatic hydroxyl groups excluding tert-OH is 2. The molecule has 0 saturated carbocycles. The summed E-state index contributed by atoms with van der Waals surface area (Å²) < 4.78 is 9.80. The van der Waals surface area contributed by atoms with E-state index in [1.807, 2.05) is 12.1 Å². The molecule has 0 bridgehead atoms. The van der Waals surface area contributed by atoms with E-state index < -0.39 is 29.7 Å². The first-order chi connectivity index (χ1) is 12.8. The van der Waals surface area contributed by atoms with Gasteiger partial charge < -0.3 is 14.9 Å². The summed E-state index contributed by atoms with van der Waals surface area (Å²) in [6, 6.07) is 3.93. The van der Waals surface area contributed by atoms with Crippen LogP contribution in [0.3, 0.4) is 0 Å². The Labute approximate surface area is 194 Å². The molecule has 1 fully saturated rings. The minimum absolute atomic E-state index is 0.115. The number of ether oxygens (including phenoxy) is 1. The lowest BCUT2D eigenvalue weighted by atomic mass is 10.2. The molecule has 2 heterocycles. The maximum Gasteiger partial charge on any atom is 0.330 e. The molecular weight excluding hydrogens is 693 g/mol. The van der Waals surface area contributed by atoms with Crippen LogP contribution in [0.25, 0.3) is 0 Å². The summed E-state index contributed by atoms with van der Waals surface area (Å²) in [6.45, 7) is -0.355. The van der Waals surface area contributed by atoms with Crippen LogP contribution in [0, 0.1) is 22.6 Å². The zero-order valence-corrected chi connectivity index (χ0v) is 20.1. The maximum atomic E-state index is 12.1. The van der Waals surface area contributed by atoms with Gasteiger partial charge in [0, 0.05) is 28.9 Å². The van der Waals surface area contributed by atoms with E-state index in [1.54, 1.807) is 0 Å². The van der Waals surface area contributed by atoms with Gasteiger partial charge in [0.15, 0.2) is 0 Å². The molecule has 1 unspecified atom stereocenters. The quantitative estimate of drug-likeness (QED) is 0.249. The van der Waals surface area contributed by atoms with E-state index in [4.69, 9.17) is 4.74 Å². The van der Waals surface area contributed by atoms with Gasteiger partial charge in [-0.1, -0.05) is 11.8 Å². The van der Waals surface area contributed by atoms with Gasteiger partial charge >= 0.3 is 5.69 Å². The first-order valence-corrected chi connectivity index (χ1v) is 11.0. The third-order valence-electron chi connectivity index (χ3n) is 4.00. The Bertz CT molecular complexity index is 1050. The van der Waals surface area contributed by atoms with Crippen LogP contribution in [0.4, 0.5) is 0 Å². The second-order valence-corrected chi connectivity index (χ2v) is 9.31. The normalized spacial score (nSPS) is 21.7. The molecule has 10 heteroatoms. The molecule has 0 radical (unpaired) electrons. The first-order valence-electron chi connectivity index (χ1n) is 7.76. The lowest BCUT2D eigenvalue weighted by molar-refractivity contribution is -0.0459. The summed E-state index contributed by atoms with van der Waals surface area (Å²) in [5, 5.41) is 19.1. The minimum Gasteiger partial charge on any atom is -0.394 e. The summed E-state index contributed by atoms with van der Waals surface area (Å²) in [4.78, 5) is 26.5. The molecule has 2 aromatic rings. The van der Waals surface area contributed by atoms with E-state index in [2.05, 4.69) is 84.6 Å². The molecule has 0 aliphatic carbocycles. The van der Waals surface area contributed by atoms with Gasteiger partial charge in [0.05, 0.1) is 12.7 Å². The largest absolute Gasteiger partial charge is 0.394 e. The summed E-state index contributed by atoms with van der Waals surface area (Å²) in [5.41, 5.74) is -0.342. The van der Waals surface area contributed by atoms with Gasteiger partial charge in [-0.15, -0.1) is 0 Å². The number of H-pyrrole nitrogens is 1. The highest BCUT2D eigenvalue weighted by atomic mass is 127. The van der Waals surface area contributed by atoms with Gasteiger partial charge in [-0.05, 0) is 79.9 Å². The Morgan fingerprint density at radius 1 is 1.15 bits per heavy atom. The fourth-order valence-corrected chi connectivity index (χ4v) is 4.72. The van der Waals surface area contributed by atoms with Crippen LogP contribution in [0.15, 0.2) is 27.9 Å². The topological polar surface area (TPSA) is 105 Å². The number of aromatic amines is 1. The van der Waals surface area contributed by atoms with Gasteiger partial charge in [-0.2, -0.15) is 0 Å². The lowest BCUT2D eigenvalue weighted by Crippen LogP contribution is -2.33. The molecule has 1 saturated heterocycles. The van der Waals surface area contributed by atoms with E-state index in [1.165, 1.54) is 10.8 Å². The number of nitrogens with zero attached hydrogens (tertiary/aromatic N) is 1. The van der Waals surface area contributed by atoms with Crippen LogP contribution in [-0.4, -0.2) is 38.6 Å². The molecule has 0 amide bonds. The molecule has 27 heavy (non-hydrogen) atoms. The average Bonchev–Trinajstić information content (AvgIpc) is 2.98. The van der Waals surface area contributed by atoms with E-state index in [0.717, 1.165) is 16.3 Å². The van der Waals surface area contributed by atoms with Crippen LogP contribution < -0.4 is 11.2 Å². The van der Waals surface area contributed by atoms with Crippen LogP contribution in [0.5, 0.6) is 0 Å². The number of nitrogens with one attached hydrogen (secondary N) is 1. The Morgan fingerprint density at radius 2 is 1.81 bits per heavy atom. The molecule has 1 aromatic heterocycles. The molecular formula is C17H13I3N2O5. The van der Waals surface area contributed by atoms with Crippen LogP contribution in [-0.2, 0) is 4.74 Å². The van der Waals surface area contributed by atoms with E-state index in [-0.39, 0.29) is 18.6 Å². The summed E-state index contributed by atoms with van der Waals surface area (Å²) in [7, 11) is 0. The SMILES string of the molecule is O=c1[nH]c(=O)n([C@@H]2CC(O)[C@H](CO)O2)cc1C#Cc1cc(I)c(I)cc1I. The zero-order valence-electron chi connectivity index (χ0n) is 13.6. The third kappa shape index (κ3) is 4.75. The monoisotopic (exact) mass is 706 g/mol. The number of aromatic nitrogens is 2. The number of halogens is 3. The van der Waals surface area contributed by atoms with Crippen molar-refractivity contribution < 1.29 is 14.9 Å². The third-order valence-corrected chi connectivity index (χ3v) is 7.71. The highest BCUT2D eigenvalue weighted by Gasteiger charge is 2.35. The molecule has 1 aromatic carbocycles. The predicted molar refractivity (Wildman–Crippen MR) is 124 cm³/mol. The van der Waals surface area contributed by atoms with Gasteiger partial charge in [-0.25, -0.2) is 4.79 Å². The first kappa shape index (κ1) is 21.2. The second-order valence-electron chi connectivity index (χ2n) is 5.82. The lowest BCUT2D eigenvalue weighted by Gasteiger charge is -2.14. The fraction of sp³-hybridized carbons (Fsp3) is 0.294. The number of aliphatic hydroxyl groups is 2. The predicted octanol–water partition coefficient (Wildman–Crippen LogP) is 1.39. The van der Waals surface area contributed by atoms with Gasteiger partial charge in [0.25, 0.3) is 5.56 Å². The number of hydrogen-bond acceptors (Lipinski definition) is 5. The minimum atomic E-state index is -0.885. The van der Waals surface area contributed by atoms with Crippen molar-refractivity contribution in [1.82, 2.24) is 9.55 Å². The molecule has 1 aliphatic heterocycles. The van der Waals surface area contributed by atoms with Crippen LogP contribution in [0.2, 0.25) is 0 Å². The highest BCUT2D eigenvalue weighted by molar-refractivity contribution is 14.1. The van der Waals surface area contributed by atoms with Crippen molar-refractivity contribution >= 4 is 67.8 Å². The molecule has 0 spiro atoms. The fourth-order valence-electron chi connectivity index (χ4n) is 2.59. The average molecular weight is 706 g/mol. The Balaban J connectivity index is 1.98. The van der Waals surface area contributed by atoms with Gasteiger partial charge in [0.1, 0.15) is 17.9 Å². The molecule has 1 aliphatic rings. The molecule has 3 atom stereocenters. The van der Waals surface area contributed by atoms with Crippen molar-refractivity contribution in [3.05, 3.63) is 61.0 Å². The molecule has 3 rings (SSSR count). The highest BCUT2D eigenvalue weighted by Crippen LogP contribution is 2.27. The Kier molecular flexibility index (Phi) is 7.01. The van der Waals surface area contributed by atoms with Crippen molar-refractivity contribution in [2.45, 2.75) is 24.9 Å². The maximum absolute atomic E-state index is 12.1. The smallest absolute Gasteiger partial charge is 0.330 e. The summed E-state index contributed by atoms with van der Waals surface area (Å²) in [5.74, 6) is 5.79. The second kappa shape index (κ2) is 8.91. The molecule has 142 valence electrons. The standard InChI is InChI=1S/C17H13I3N2O5/c18-10-4-12(20)11(19)3-8(10)1-2-9-6-22(17(26)21-16(9)25)15-5-13(24)14(7-23)27-15/h3-4,6,13-15,23-24H,5,7H2,(H,21,25,26)/t13?,14-,15-/m0/s1.